The van der Waals surface area contributed by atoms with Gasteiger partial charge in [0, 0.05) is 21.2 Å². The highest BCUT2D eigenvalue weighted by Crippen LogP contribution is 2.24. The van der Waals surface area contributed by atoms with Gasteiger partial charge in [0.25, 0.3) is 0 Å². The van der Waals surface area contributed by atoms with Gasteiger partial charge in [0.15, 0.2) is 0 Å². The minimum absolute atomic E-state index is 0.0837. The summed E-state index contributed by atoms with van der Waals surface area (Å²) in [6, 6.07) is 11.5. The molecular formula is C14H9Cl2O3-. The van der Waals surface area contributed by atoms with Gasteiger partial charge in [-0.15, -0.1) is 0 Å². The van der Waals surface area contributed by atoms with Crippen LogP contribution < -0.4 is 9.84 Å². The minimum Gasteiger partial charge on any atom is -0.545 e. The van der Waals surface area contributed by atoms with Crippen LogP contribution in [0.2, 0.25) is 10.0 Å². The lowest BCUT2D eigenvalue weighted by atomic mass is 10.2. The summed E-state index contributed by atoms with van der Waals surface area (Å²) in [6.07, 6.45) is 0. The lowest BCUT2D eigenvalue weighted by Crippen LogP contribution is -2.23. The first kappa shape index (κ1) is 13.7. The molecule has 0 aliphatic heterocycles. The lowest BCUT2D eigenvalue weighted by molar-refractivity contribution is -0.255. The summed E-state index contributed by atoms with van der Waals surface area (Å²) in [5, 5.41) is 11.8. The van der Waals surface area contributed by atoms with Crippen molar-refractivity contribution in [2.45, 2.75) is 6.61 Å². The highest BCUT2D eigenvalue weighted by Gasteiger charge is 2.07. The average Bonchev–Trinajstić information content (AvgIpc) is 2.38. The van der Waals surface area contributed by atoms with E-state index >= 15 is 0 Å². The first-order valence-corrected chi connectivity index (χ1v) is 6.20. The van der Waals surface area contributed by atoms with Crippen LogP contribution in [0.15, 0.2) is 42.5 Å². The van der Waals surface area contributed by atoms with Crippen molar-refractivity contribution < 1.29 is 14.6 Å². The van der Waals surface area contributed by atoms with E-state index in [-0.39, 0.29) is 17.9 Å². The molecule has 0 aliphatic carbocycles. The number of carboxylic acids is 1. The molecule has 19 heavy (non-hydrogen) atoms. The maximum Gasteiger partial charge on any atom is 0.128 e. The molecule has 0 aliphatic rings. The molecule has 2 aromatic carbocycles. The summed E-state index contributed by atoms with van der Waals surface area (Å²) in [7, 11) is 0. The van der Waals surface area contributed by atoms with Gasteiger partial charge in [-0.05, 0) is 24.3 Å². The summed E-state index contributed by atoms with van der Waals surface area (Å²) in [5.41, 5.74) is 0.683. The number of halogens is 2. The molecule has 2 rings (SSSR count). The molecule has 0 heterocycles. The van der Waals surface area contributed by atoms with Crippen molar-refractivity contribution >= 4 is 29.2 Å². The van der Waals surface area contributed by atoms with E-state index in [2.05, 4.69) is 0 Å². The maximum atomic E-state index is 11.0. The van der Waals surface area contributed by atoms with E-state index < -0.39 is 5.97 Å². The van der Waals surface area contributed by atoms with Crippen molar-refractivity contribution in [3.63, 3.8) is 0 Å². The Hall–Kier alpha value is -1.71. The van der Waals surface area contributed by atoms with E-state index in [0.29, 0.717) is 10.0 Å². The second-order valence-corrected chi connectivity index (χ2v) is 4.65. The molecule has 0 unspecified atom stereocenters. The molecule has 0 N–H and O–H groups in total. The van der Waals surface area contributed by atoms with E-state index in [1.165, 1.54) is 12.1 Å². The van der Waals surface area contributed by atoms with Gasteiger partial charge in [0.1, 0.15) is 12.4 Å². The second-order valence-electron chi connectivity index (χ2n) is 3.81. The summed E-state index contributed by atoms with van der Waals surface area (Å²) in [5.74, 6) is -1.14. The van der Waals surface area contributed by atoms with Gasteiger partial charge < -0.3 is 14.6 Å². The van der Waals surface area contributed by atoms with E-state index in [1.54, 1.807) is 24.3 Å². The van der Waals surface area contributed by atoms with Crippen molar-refractivity contribution in [2.24, 2.45) is 0 Å². The normalized spacial score (nSPS) is 10.2. The van der Waals surface area contributed by atoms with Crippen LogP contribution in [0.1, 0.15) is 15.9 Å². The molecule has 0 saturated carbocycles. The van der Waals surface area contributed by atoms with Crippen LogP contribution in [0.5, 0.6) is 5.75 Å². The van der Waals surface area contributed by atoms with Crippen molar-refractivity contribution in [3.8, 4) is 5.75 Å². The van der Waals surface area contributed by atoms with Crippen molar-refractivity contribution in [1.29, 1.82) is 0 Å². The largest absolute Gasteiger partial charge is 0.545 e. The average molecular weight is 296 g/mol. The number of benzene rings is 2. The fraction of sp³-hybridized carbons (Fsp3) is 0.0714. The van der Waals surface area contributed by atoms with Gasteiger partial charge in [-0.3, -0.25) is 0 Å². The lowest BCUT2D eigenvalue weighted by Gasteiger charge is -2.13. The quantitative estimate of drug-likeness (QED) is 0.871. The van der Waals surface area contributed by atoms with E-state index in [9.17, 15) is 9.90 Å². The Morgan fingerprint density at radius 2 is 1.89 bits per heavy atom. The minimum atomic E-state index is -1.34. The predicted octanol–water partition coefficient (Wildman–Crippen LogP) is 2.94. The van der Waals surface area contributed by atoms with Crippen molar-refractivity contribution in [1.82, 2.24) is 0 Å². The van der Waals surface area contributed by atoms with Crippen molar-refractivity contribution in [2.75, 3.05) is 0 Å². The van der Waals surface area contributed by atoms with E-state index in [4.69, 9.17) is 27.9 Å². The number of carbonyl (C=O) groups excluding carboxylic acids is 1. The topological polar surface area (TPSA) is 49.4 Å². The maximum absolute atomic E-state index is 11.0. The number of ether oxygens (including phenoxy) is 1. The zero-order valence-electron chi connectivity index (χ0n) is 9.73. The monoisotopic (exact) mass is 295 g/mol. The van der Waals surface area contributed by atoms with Crippen LogP contribution in [-0.2, 0) is 6.61 Å². The number of aromatic carboxylic acids is 1. The van der Waals surface area contributed by atoms with Gasteiger partial charge in [-0.1, -0.05) is 41.4 Å². The molecule has 0 radical (unpaired) electrons. The Kier molecular flexibility index (Phi) is 4.30. The van der Waals surface area contributed by atoms with Crippen LogP contribution >= 0.6 is 23.2 Å². The van der Waals surface area contributed by atoms with Gasteiger partial charge in [-0.2, -0.15) is 0 Å². The Bertz CT molecular complexity index is 611. The highest BCUT2D eigenvalue weighted by atomic mass is 35.5. The zero-order chi connectivity index (χ0) is 13.8. The van der Waals surface area contributed by atoms with Crippen LogP contribution in [0.3, 0.4) is 0 Å². The highest BCUT2D eigenvalue weighted by molar-refractivity contribution is 6.31. The van der Waals surface area contributed by atoms with Crippen LogP contribution in [0, 0.1) is 0 Å². The summed E-state index contributed by atoms with van der Waals surface area (Å²) in [6.45, 7) is 0.168. The Morgan fingerprint density at radius 3 is 2.58 bits per heavy atom. The fourth-order valence-electron chi connectivity index (χ4n) is 1.56. The van der Waals surface area contributed by atoms with Crippen LogP contribution in [0.4, 0.5) is 0 Å². The number of carbonyl (C=O) groups is 1. The first-order chi connectivity index (χ1) is 9.08. The van der Waals surface area contributed by atoms with E-state index in [0.717, 1.165) is 5.56 Å². The molecule has 0 fully saturated rings. The van der Waals surface area contributed by atoms with Crippen molar-refractivity contribution in [3.05, 3.63) is 63.6 Å². The zero-order valence-corrected chi connectivity index (χ0v) is 11.2. The molecule has 0 spiro atoms. The fourth-order valence-corrected chi connectivity index (χ4v) is 1.92. The molecule has 5 heteroatoms. The van der Waals surface area contributed by atoms with Crippen LogP contribution in [-0.4, -0.2) is 5.97 Å². The van der Waals surface area contributed by atoms with Gasteiger partial charge in [0.05, 0.1) is 5.97 Å². The second kappa shape index (κ2) is 5.95. The van der Waals surface area contributed by atoms with Gasteiger partial charge in [0.2, 0.25) is 0 Å². The first-order valence-electron chi connectivity index (χ1n) is 5.45. The van der Waals surface area contributed by atoms with Gasteiger partial charge in [-0.25, -0.2) is 0 Å². The molecule has 0 amide bonds. The smallest absolute Gasteiger partial charge is 0.128 e. The SMILES string of the molecule is O=C([O-])c1cc(Cl)ccc1OCc1ccccc1Cl. The standard InChI is InChI=1S/C14H10Cl2O3/c15-10-5-6-13(11(7-10)14(17)18)19-8-9-3-1-2-4-12(9)16/h1-7H,8H2,(H,17,18)/p-1. The molecule has 0 aromatic heterocycles. The Labute approximate surface area is 120 Å². The molecule has 0 bridgehead atoms. The summed E-state index contributed by atoms with van der Waals surface area (Å²) in [4.78, 5) is 11.0. The summed E-state index contributed by atoms with van der Waals surface area (Å²) >= 11 is 11.7. The summed E-state index contributed by atoms with van der Waals surface area (Å²) < 4.78 is 5.46. The Balaban J connectivity index is 2.20. The number of hydrogen-bond donors (Lipinski definition) is 0. The third-order valence-electron chi connectivity index (χ3n) is 2.50. The van der Waals surface area contributed by atoms with E-state index in [1.807, 2.05) is 6.07 Å². The third-order valence-corrected chi connectivity index (χ3v) is 3.11. The number of hydrogen-bond acceptors (Lipinski definition) is 3. The predicted molar refractivity (Wildman–Crippen MR) is 71.6 cm³/mol. The molecule has 0 atom stereocenters. The Morgan fingerprint density at radius 1 is 1.16 bits per heavy atom. The van der Waals surface area contributed by atoms with Crippen LogP contribution in [0.25, 0.3) is 0 Å². The molecular weight excluding hydrogens is 287 g/mol. The molecule has 3 nitrogen and oxygen atoms in total. The van der Waals surface area contributed by atoms with Gasteiger partial charge >= 0.3 is 0 Å². The molecule has 2 aromatic rings. The third kappa shape index (κ3) is 3.40. The molecule has 0 saturated heterocycles. The molecule has 98 valence electrons. The number of carboxylic acid groups (broad SMARTS) is 1. The number of rotatable bonds is 4.